The van der Waals surface area contributed by atoms with Crippen LogP contribution in [0.5, 0.6) is 5.75 Å². The van der Waals surface area contributed by atoms with E-state index in [2.05, 4.69) is 27.5 Å². The van der Waals surface area contributed by atoms with Crippen LogP contribution in [0.25, 0.3) is 22.5 Å². The summed E-state index contributed by atoms with van der Waals surface area (Å²) >= 11 is 0. The van der Waals surface area contributed by atoms with E-state index in [-0.39, 0.29) is 13.0 Å². The number of aliphatic hydroxyl groups is 1. The summed E-state index contributed by atoms with van der Waals surface area (Å²) in [5.41, 5.74) is 4.47. The molecule has 3 unspecified atom stereocenters. The van der Waals surface area contributed by atoms with Crippen molar-refractivity contribution in [1.82, 2.24) is 20.6 Å². The van der Waals surface area contributed by atoms with Gasteiger partial charge in [0.1, 0.15) is 24.5 Å². The first kappa shape index (κ1) is 40.1. The third kappa shape index (κ3) is 12.2. The summed E-state index contributed by atoms with van der Waals surface area (Å²) in [6, 6.07) is 30.1. The first-order chi connectivity index (χ1) is 26.8. The van der Waals surface area contributed by atoms with Gasteiger partial charge in [0.15, 0.2) is 11.9 Å². The van der Waals surface area contributed by atoms with Crippen LogP contribution in [0.2, 0.25) is 0 Å². The van der Waals surface area contributed by atoms with Crippen LogP contribution in [0, 0.1) is 0 Å². The third-order valence-electron chi connectivity index (χ3n) is 9.04. The number of benzene rings is 4. The monoisotopic (exact) mass is 744 g/mol. The number of hydrogen-bond acceptors (Lipinski definition) is 9. The van der Waals surface area contributed by atoms with Crippen molar-refractivity contribution in [3.63, 3.8) is 0 Å². The normalized spacial score (nSPS) is 12.5. The molecule has 5 rings (SSSR count). The molecule has 2 amide bonds. The highest BCUT2D eigenvalue weighted by Crippen LogP contribution is 2.24. The summed E-state index contributed by atoms with van der Waals surface area (Å²) in [5.74, 6) is -0.206. The number of hydrogen-bond donors (Lipinski definition) is 3. The maximum Gasteiger partial charge on any atom is 0.408 e. The number of carbonyl (C=O) groups excluding carboxylic acids is 3. The van der Waals surface area contributed by atoms with Crippen LogP contribution in [-0.2, 0) is 32.1 Å². The van der Waals surface area contributed by atoms with Gasteiger partial charge in [-0.05, 0) is 40.8 Å². The van der Waals surface area contributed by atoms with E-state index in [1.54, 1.807) is 42.7 Å². The van der Waals surface area contributed by atoms with Gasteiger partial charge in [0.25, 0.3) is 0 Å². The molecule has 1 aromatic heterocycles. The molecule has 0 aliphatic heterocycles. The minimum absolute atomic E-state index is 0.00894. The van der Waals surface area contributed by atoms with Gasteiger partial charge < -0.3 is 30.0 Å². The Morgan fingerprint density at radius 3 is 2.00 bits per heavy atom. The summed E-state index contributed by atoms with van der Waals surface area (Å²) in [6.07, 6.45) is 7.31. The van der Waals surface area contributed by atoms with Crippen molar-refractivity contribution in [2.45, 2.75) is 70.2 Å². The van der Waals surface area contributed by atoms with Gasteiger partial charge in [-0.15, -0.1) is 0 Å². The zero-order chi connectivity index (χ0) is 38.8. The number of nitrogens with one attached hydrogen (secondary N) is 2. The van der Waals surface area contributed by atoms with Gasteiger partial charge in [0.2, 0.25) is 5.91 Å². The standard InChI is InChI=1S/C44H48N4O7/c1-3-4-5-6-13-26-54-37-24-22-33(23-25-37)36-28-45-41(46-29-36)35-20-18-31(19-21-35)27-38(47-44(52)55-30-32-14-9-7-10-15-32)42(50)48-39(43(51)53-2)40(49)34-16-11-8-12-17-34/h7-12,14-25,28-29,38-40,49H,3-6,13,26-27,30H2,1-2H3,(H,47,52)(H,48,50). The first-order valence-corrected chi connectivity index (χ1v) is 18.6. The highest BCUT2D eigenvalue weighted by Gasteiger charge is 2.33. The van der Waals surface area contributed by atoms with Crippen molar-refractivity contribution in [1.29, 1.82) is 0 Å². The number of ether oxygens (including phenoxy) is 3. The SMILES string of the molecule is CCCCCCCOc1ccc(-c2cnc(-c3ccc(CC(NC(=O)OCc4ccccc4)C(=O)NC(C(=O)OC)C(O)c4ccccc4)cc3)nc2)cc1. The van der Waals surface area contributed by atoms with Gasteiger partial charge in [-0.2, -0.15) is 0 Å². The molecule has 55 heavy (non-hydrogen) atoms. The molecule has 0 aliphatic rings. The second-order valence-electron chi connectivity index (χ2n) is 13.1. The largest absolute Gasteiger partial charge is 0.494 e. The van der Waals surface area contributed by atoms with Gasteiger partial charge in [-0.25, -0.2) is 19.6 Å². The van der Waals surface area contributed by atoms with E-state index in [0.29, 0.717) is 23.6 Å². The highest BCUT2D eigenvalue weighted by atomic mass is 16.5. The zero-order valence-electron chi connectivity index (χ0n) is 31.2. The quantitative estimate of drug-likeness (QED) is 0.0581. The topological polar surface area (TPSA) is 149 Å². The lowest BCUT2D eigenvalue weighted by Crippen LogP contribution is -2.54. The smallest absolute Gasteiger partial charge is 0.408 e. The average molecular weight is 745 g/mol. The average Bonchev–Trinajstić information content (AvgIpc) is 3.23. The molecule has 11 heteroatoms. The van der Waals surface area contributed by atoms with Crippen LogP contribution >= 0.6 is 0 Å². The Balaban J connectivity index is 1.25. The van der Waals surface area contributed by atoms with E-state index < -0.39 is 36.2 Å². The molecule has 3 atom stereocenters. The van der Waals surface area contributed by atoms with Crippen LogP contribution < -0.4 is 15.4 Å². The molecule has 0 fully saturated rings. The predicted octanol–water partition coefficient (Wildman–Crippen LogP) is 7.39. The van der Waals surface area contributed by atoms with Gasteiger partial charge in [0.05, 0.1) is 13.7 Å². The first-order valence-electron chi connectivity index (χ1n) is 18.6. The van der Waals surface area contributed by atoms with Crippen molar-refractivity contribution in [2.24, 2.45) is 0 Å². The number of unbranched alkanes of at least 4 members (excludes halogenated alkanes) is 4. The summed E-state index contributed by atoms with van der Waals surface area (Å²) in [5, 5.41) is 16.2. The minimum atomic E-state index is -1.44. The number of rotatable bonds is 19. The summed E-state index contributed by atoms with van der Waals surface area (Å²) in [7, 11) is 1.17. The van der Waals surface area contributed by atoms with Crippen LogP contribution in [0.3, 0.4) is 0 Å². The molecule has 0 aliphatic carbocycles. The summed E-state index contributed by atoms with van der Waals surface area (Å²) in [4.78, 5) is 48.6. The number of aliphatic hydroxyl groups excluding tert-OH is 1. The van der Waals surface area contributed by atoms with Gasteiger partial charge in [-0.3, -0.25) is 4.79 Å². The Kier molecular flexibility index (Phi) is 15.3. The fraction of sp³-hybridized carbons (Fsp3) is 0.295. The number of amides is 2. The molecule has 3 N–H and O–H groups in total. The summed E-state index contributed by atoms with van der Waals surface area (Å²) < 4.78 is 16.2. The van der Waals surface area contributed by atoms with Gasteiger partial charge >= 0.3 is 12.1 Å². The predicted molar refractivity (Wildman–Crippen MR) is 210 cm³/mol. The van der Waals surface area contributed by atoms with Crippen molar-refractivity contribution < 1.29 is 33.7 Å². The van der Waals surface area contributed by atoms with Crippen LogP contribution in [-0.4, -0.2) is 58.8 Å². The number of nitrogens with zero attached hydrogens (tertiary/aromatic N) is 2. The van der Waals surface area contributed by atoms with E-state index in [1.807, 2.05) is 78.9 Å². The van der Waals surface area contributed by atoms with Gasteiger partial charge in [-0.1, -0.05) is 130 Å². The minimum Gasteiger partial charge on any atom is -0.494 e. The molecule has 11 nitrogen and oxygen atoms in total. The van der Waals surface area contributed by atoms with E-state index in [1.165, 1.54) is 32.8 Å². The van der Waals surface area contributed by atoms with E-state index in [0.717, 1.165) is 34.4 Å². The van der Waals surface area contributed by atoms with Crippen molar-refractivity contribution in [3.8, 4) is 28.3 Å². The second kappa shape index (κ2) is 21.0. The number of carbonyl (C=O) groups is 3. The third-order valence-corrected chi connectivity index (χ3v) is 9.04. The van der Waals surface area contributed by atoms with Crippen molar-refractivity contribution in [3.05, 3.63) is 138 Å². The van der Waals surface area contributed by atoms with Crippen LogP contribution in [0.1, 0.15) is 61.8 Å². The Morgan fingerprint density at radius 2 is 1.35 bits per heavy atom. The van der Waals surface area contributed by atoms with E-state index in [4.69, 9.17) is 14.2 Å². The number of alkyl carbamates (subject to hydrolysis) is 1. The zero-order valence-corrected chi connectivity index (χ0v) is 31.2. The van der Waals surface area contributed by atoms with Crippen LogP contribution in [0.4, 0.5) is 4.79 Å². The fourth-order valence-corrected chi connectivity index (χ4v) is 5.90. The molecule has 0 bridgehead atoms. The lowest BCUT2D eigenvalue weighted by Gasteiger charge is -2.25. The van der Waals surface area contributed by atoms with Crippen molar-refractivity contribution >= 4 is 18.0 Å². The lowest BCUT2D eigenvalue weighted by atomic mass is 10.00. The molecule has 1 heterocycles. The maximum atomic E-state index is 13.7. The Labute approximate surface area is 322 Å². The highest BCUT2D eigenvalue weighted by molar-refractivity contribution is 5.90. The lowest BCUT2D eigenvalue weighted by molar-refractivity contribution is -0.148. The molecule has 286 valence electrons. The van der Waals surface area contributed by atoms with Crippen LogP contribution in [0.15, 0.2) is 122 Å². The molecule has 5 aromatic rings. The fourth-order valence-electron chi connectivity index (χ4n) is 5.90. The molecule has 4 aromatic carbocycles. The molecule has 0 saturated heterocycles. The Morgan fingerprint density at radius 1 is 0.709 bits per heavy atom. The molecule has 0 saturated carbocycles. The van der Waals surface area contributed by atoms with E-state index >= 15 is 0 Å². The molecule has 0 spiro atoms. The number of esters is 1. The summed E-state index contributed by atoms with van der Waals surface area (Å²) in [6.45, 7) is 2.91. The number of aromatic nitrogens is 2. The maximum absolute atomic E-state index is 13.7. The van der Waals surface area contributed by atoms with Crippen molar-refractivity contribution in [2.75, 3.05) is 13.7 Å². The Hall–Kier alpha value is -6.07. The van der Waals surface area contributed by atoms with E-state index in [9.17, 15) is 19.5 Å². The number of methoxy groups -OCH3 is 1. The second-order valence-corrected chi connectivity index (χ2v) is 13.1. The molecular formula is C44H48N4O7. The van der Waals surface area contributed by atoms with Gasteiger partial charge in [0, 0.05) is 29.9 Å². The molecular weight excluding hydrogens is 697 g/mol. The molecule has 0 radical (unpaired) electrons. The Bertz CT molecular complexity index is 1920.